The molecule has 0 saturated heterocycles. The lowest BCUT2D eigenvalue weighted by molar-refractivity contribution is 0.0778. The van der Waals surface area contributed by atoms with Crippen molar-refractivity contribution in [1.29, 1.82) is 0 Å². The second-order valence-corrected chi connectivity index (χ2v) is 6.97. The second kappa shape index (κ2) is 8.27. The van der Waals surface area contributed by atoms with Crippen molar-refractivity contribution in [2.75, 3.05) is 7.05 Å². The van der Waals surface area contributed by atoms with E-state index in [0.717, 1.165) is 23.4 Å². The monoisotopic (exact) mass is 405 g/mol. The quantitative estimate of drug-likeness (QED) is 0.465. The van der Waals surface area contributed by atoms with Crippen molar-refractivity contribution in [3.05, 3.63) is 65.7 Å². The molecule has 0 fully saturated rings. The predicted molar refractivity (Wildman–Crippen MR) is 109 cm³/mol. The molecule has 0 spiro atoms. The highest BCUT2D eigenvalue weighted by Gasteiger charge is 2.17. The Morgan fingerprint density at radius 2 is 1.93 bits per heavy atom. The van der Waals surface area contributed by atoms with Crippen molar-refractivity contribution in [2.45, 2.75) is 33.6 Å². The number of carbonyl (C=O) groups excluding carboxylic acids is 1. The Morgan fingerprint density at radius 1 is 1.13 bits per heavy atom. The molecule has 0 aliphatic carbocycles. The predicted octanol–water partition coefficient (Wildman–Crippen LogP) is 1.84. The molecule has 0 aliphatic heterocycles. The average Bonchev–Trinajstić information content (AvgIpc) is 3.50. The molecule has 1 aromatic carbocycles. The summed E-state index contributed by atoms with van der Waals surface area (Å²) in [5.74, 6) is 0.385. The Labute approximate surface area is 173 Å². The van der Waals surface area contributed by atoms with Gasteiger partial charge in [0.2, 0.25) is 5.82 Å². The summed E-state index contributed by atoms with van der Waals surface area (Å²) < 4.78 is 3.52. The van der Waals surface area contributed by atoms with E-state index in [-0.39, 0.29) is 12.6 Å². The van der Waals surface area contributed by atoms with Gasteiger partial charge in [0.05, 0.1) is 6.20 Å². The molecule has 3 heterocycles. The van der Waals surface area contributed by atoms with Crippen LogP contribution in [0.1, 0.15) is 28.7 Å². The molecule has 0 atom stereocenters. The first-order valence-corrected chi connectivity index (χ1v) is 9.68. The van der Waals surface area contributed by atoms with E-state index >= 15 is 0 Å². The first kappa shape index (κ1) is 19.5. The largest absolute Gasteiger partial charge is 0.336 e. The maximum Gasteiger partial charge on any atom is 0.274 e. The van der Waals surface area contributed by atoms with Crippen molar-refractivity contribution in [2.24, 2.45) is 0 Å². The summed E-state index contributed by atoms with van der Waals surface area (Å²) in [5.41, 5.74) is 3.34. The van der Waals surface area contributed by atoms with E-state index in [9.17, 15) is 4.79 Å². The highest BCUT2D eigenvalue weighted by Crippen LogP contribution is 2.13. The molecule has 4 rings (SSSR count). The number of amides is 1. The summed E-state index contributed by atoms with van der Waals surface area (Å²) in [6.07, 6.45) is 3.54. The topological polar surface area (TPSA) is 99.6 Å². The molecule has 10 nitrogen and oxygen atoms in total. The summed E-state index contributed by atoms with van der Waals surface area (Å²) >= 11 is 0. The lowest BCUT2D eigenvalue weighted by atomic mass is 10.2. The molecule has 0 unspecified atom stereocenters. The lowest BCUT2D eigenvalue weighted by Gasteiger charge is -2.15. The first-order valence-electron chi connectivity index (χ1n) is 9.68. The first-order chi connectivity index (χ1) is 14.5. The van der Waals surface area contributed by atoms with Crippen LogP contribution < -0.4 is 0 Å². The highest BCUT2D eigenvalue weighted by atomic mass is 16.2. The standard InChI is InChI=1S/C20H23N9O/c1-4-28-15(2)17(12-21-28)13-26(3)20(30)18-10-11-27(23-18)14-29-24-19(22-25-29)16-8-6-5-7-9-16/h5-12H,4,13-14H2,1-3H3. The molecule has 10 heteroatoms. The van der Waals surface area contributed by atoms with Crippen LogP contribution in [-0.4, -0.2) is 57.6 Å². The maximum atomic E-state index is 12.8. The van der Waals surface area contributed by atoms with Crippen LogP contribution in [-0.2, 0) is 19.8 Å². The van der Waals surface area contributed by atoms with Gasteiger partial charge in [-0.1, -0.05) is 30.3 Å². The Balaban J connectivity index is 1.41. The molecule has 154 valence electrons. The zero-order chi connectivity index (χ0) is 21.1. The zero-order valence-electron chi connectivity index (χ0n) is 17.2. The summed E-state index contributed by atoms with van der Waals surface area (Å²) in [7, 11) is 1.76. The molecule has 3 aromatic heterocycles. The lowest BCUT2D eigenvalue weighted by Crippen LogP contribution is -2.27. The SMILES string of the molecule is CCn1ncc(CN(C)C(=O)c2ccn(Cn3nnc(-c4ccccc4)n3)n2)c1C. The van der Waals surface area contributed by atoms with Crippen LogP contribution in [0.3, 0.4) is 0 Å². The van der Waals surface area contributed by atoms with E-state index < -0.39 is 0 Å². The third-order valence-electron chi connectivity index (χ3n) is 4.87. The highest BCUT2D eigenvalue weighted by molar-refractivity contribution is 5.91. The van der Waals surface area contributed by atoms with Gasteiger partial charge in [0.1, 0.15) is 5.69 Å². The van der Waals surface area contributed by atoms with Gasteiger partial charge in [-0.15, -0.1) is 15.0 Å². The van der Waals surface area contributed by atoms with Crippen LogP contribution in [0.15, 0.2) is 48.8 Å². The number of nitrogens with zero attached hydrogens (tertiary/aromatic N) is 9. The third kappa shape index (κ3) is 3.97. The molecule has 0 bridgehead atoms. The molecule has 0 aliphatic rings. The molecule has 0 saturated carbocycles. The summed E-state index contributed by atoms with van der Waals surface area (Å²) in [5, 5.41) is 21.2. The van der Waals surface area contributed by atoms with E-state index in [0.29, 0.717) is 18.1 Å². The number of aromatic nitrogens is 8. The molecule has 30 heavy (non-hydrogen) atoms. The van der Waals surface area contributed by atoms with Crippen LogP contribution in [0.2, 0.25) is 0 Å². The molecule has 4 aromatic rings. The minimum atomic E-state index is -0.158. The number of tetrazole rings is 1. The number of carbonyl (C=O) groups is 1. The summed E-state index contributed by atoms with van der Waals surface area (Å²) in [6.45, 7) is 5.59. The van der Waals surface area contributed by atoms with Gasteiger partial charge in [0.15, 0.2) is 6.67 Å². The van der Waals surface area contributed by atoms with Crippen molar-refractivity contribution in [3.8, 4) is 11.4 Å². The van der Waals surface area contributed by atoms with Crippen molar-refractivity contribution >= 4 is 5.91 Å². The van der Waals surface area contributed by atoms with Gasteiger partial charge in [0, 0.05) is 43.2 Å². The van der Waals surface area contributed by atoms with E-state index in [1.807, 2.05) is 55.1 Å². The average molecular weight is 405 g/mol. The fourth-order valence-electron chi connectivity index (χ4n) is 3.17. The Hall–Kier alpha value is -3.82. The van der Waals surface area contributed by atoms with Crippen LogP contribution in [0.25, 0.3) is 11.4 Å². The maximum absolute atomic E-state index is 12.8. The molecule has 0 N–H and O–H groups in total. The Morgan fingerprint density at radius 3 is 2.67 bits per heavy atom. The van der Waals surface area contributed by atoms with Gasteiger partial charge in [-0.3, -0.25) is 9.48 Å². The molecular weight excluding hydrogens is 382 g/mol. The smallest absolute Gasteiger partial charge is 0.274 e. The van der Waals surface area contributed by atoms with Gasteiger partial charge in [-0.25, -0.2) is 4.68 Å². The summed E-state index contributed by atoms with van der Waals surface area (Å²) in [6, 6.07) is 11.3. The van der Waals surface area contributed by atoms with Gasteiger partial charge in [-0.2, -0.15) is 10.2 Å². The fourth-order valence-corrected chi connectivity index (χ4v) is 3.17. The van der Waals surface area contributed by atoms with Gasteiger partial charge in [0.25, 0.3) is 5.91 Å². The number of benzene rings is 1. The normalized spacial score (nSPS) is 11.0. The van der Waals surface area contributed by atoms with E-state index in [2.05, 4.69) is 25.6 Å². The second-order valence-electron chi connectivity index (χ2n) is 6.97. The Kier molecular flexibility index (Phi) is 5.38. The van der Waals surface area contributed by atoms with Gasteiger partial charge >= 0.3 is 0 Å². The number of rotatable bonds is 7. The molecule has 0 radical (unpaired) electrons. The third-order valence-corrected chi connectivity index (χ3v) is 4.87. The minimum Gasteiger partial charge on any atom is -0.336 e. The Bertz CT molecular complexity index is 1140. The van der Waals surface area contributed by atoms with Gasteiger partial charge in [-0.05, 0) is 25.1 Å². The molecular formula is C20H23N9O. The molecule has 1 amide bonds. The van der Waals surface area contributed by atoms with Crippen LogP contribution >= 0.6 is 0 Å². The van der Waals surface area contributed by atoms with Crippen LogP contribution in [0.5, 0.6) is 0 Å². The fraction of sp³-hybridized carbons (Fsp3) is 0.300. The van der Waals surface area contributed by atoms with E-state index in [1.165, 1.54) is 4.80 Å². The minimum absolute atomic E-state index is 0.158. The van der Waals surface area contributed by atoms with Crippen LogP contribution in [0, 0.1) is 6.92 Å². The van der Waals surface area contributed by atoms with Crippen molar-refractivity contribution in [3.63, 3.8) is 0 Å². The van der Waals surface area contributed by atoms with E-state index in [1.54, 1.807) is 28.9 Å². The van der Waals surface area contributed by atoms with Crippen molar-refractivity contribution in [1.82, 2.24) is 44.7 Å². The van der Waals surface area contributed by atoms with Crippen LogP contribution in [0.4, 0.5) is 0 Å². The number of hydrogen-bond donors (Lipinski definition) is 0. The number of hydrogen-bond acceptors (Lipinski definition) is 6. The number of aryl methyl sites for hydroxylation is 1. The summed E-state index contributed by atoms with van der Waals surface area (Å²) in [4.78, 5) is 15.8. The van der Waals surface area contributed by atoms with E-state index in [4.69, 9.17) is 0 Å². The zero-order valence-corrected chi connectivity index (χ0v) is 17.2. The van der Waals surface area contributed by atoms with Gasteiger partial charge < -0.3 is 4.90 Å². The van der Waals surface area contributed by atoms with Crippen molar-refractivity contribution < 1.29 is 4.79 Å².